The van der Waals surface area contributed by atoms with Gasteiger partial charge in [0.05, 0.1) is 13.1 Å². The number of aryl methyl sites for hydroxylation is 1. The lowest BCUT2D eigenvalue weighted by molar-refractivity contribution is -0.131. The third-order valence-electron chi connectivity index (χ3n) is 3.31. The van der Waals surface area contributed by atoms with Gasteiger partial charge in [-0.15, -0.1) is 0 Å². The van der Waals surface area contributed by atoms with Crippen LogP contribution in [-0.2, 0) is 18.4 Å². The number of nitrogens with one attached hydrogen (secondary N) is 1. The second-order valence-corrected chi connectivity index (χ2v) is 6.31. The smallest absolute Gasteiger partial charge is 0.237 e. The van der Waals surface area contributed by atoms with Gasteiger partial charge in [0.2, 0.25) is 5.91 Å². The molecule has 0 aliphatic heterocycles. The molecule has 1 aromatic rings. The summed E-state index contributed by atoms with van der Waals surface area (Å²) in [6.45, 7) is 7.21. The van der Waals surface area contributed by atoms with Crippen LogP contribution < -0.4 is 5.32 Å². The molecule has 1 heterocycles. The number of nitrogens with zero attached hydrogens (tertiary/aromatic N) is 3. The largest absolute Gasteiger partial charge is 0.337 e. The van der Waals surface area contributed by atoms with Crippen molar-refractivity contribution in [3.05, 3.63) is 18.2 Å². The average molecular weight is 264 g/mol. The van der Waals surface area contributed by atoms with Crippen molar-refractivity contribution in [2.45, 2.75) is 51.7 Å². The number of amides is 1. The van der Waals surface area contributed by atoms with Crippen molar-refractivity contribution in [2.75, 3.05) is 6.54 Å². The summed E-state index contributed by atoms with van der Waals surface area (Å²) >= 11 is 0. The van der Waals surface area contributed by atoms with Gasteiger partial charge in [-0.1, -0.05) is 0 Å². The zero-order chi connectivity index (χ0) is 14.0. The maximum Gasteiger partial charge on any atom is 0.237 e. The van der Waals surface area contributed by atoms with Gasteiger partial charge in [-0.2, -0.15) is 0 Å². The number of imidazole rings is 1. The van der Waals surface area contributed by atoms with Crippen LogP contribution in [0.3, 0.4) is 0 Å². The van der Waals surface area contributed by atoms with Gasteiger partial charge < -0.3 is 14.8 Å². The first-order valence-corrected chi connectivity index (χ1v) is 6.87. The number of hydrogen-bond acceptors (Lipinski definition) is 3. The van der Waals surface area contributed by atoms with E-state index in [9.17, 15) is 4.79 Å². The molecule has 0 bridgehead atoms. The van der Waals surface area contributed by atoms with Crippen LogP contribution in [0.5, 0.6) is 0 Å². The van der Waals surface area contributed by atoms with E-state index in [1.54, 1.807) is 6.20 Å². The molecule has 0 atom stereocenters. The predicted molar refractivity (Wildman–Crippen MR) is 74.5 cm³/mol. The van der Waals surface area contributed by atoms with Crippen LogP contribution in [0.25, 0.3) is 0 Å². The van der Waals surface area contributed by atoms with Crippen molar-refractivity contribution in [2.24, 2.45) is 7.05 Å². The van der Waals surface area contributed by atoms with E-state index < -0.39 is 0 Å². The summed E-state index contributed by atoms with van der Waals surface area (Å²) in [5, 5.41) is 3.26. The summed E-state index contributed by atoms with van der Waals surface area (Å²) in [4.78, 5) is 18.6. The Balaban J connectivity index is 1.96. The van der Waals surface area contributed by atoms with Crippen LogP contribution in [0.1, 0.15) is 39.4 Å². The Morgan fingerprint density at radius 1 is 1.53 bits per heavy atom. The van der Waals surface area contributed by atoms with E-state index in [-0.39, 0.29) is 11.4 Å². The van der Waals surface area contributed by atoms with Crippen molar-refractivity contribution in [3.8, 4) is 0 Å². The first-order chi connectivity index (χ1) is 8.87. The highest BCUT2D eigenvalue weighted by Gasteiger charge is 2.33. The molecule has 19 heavy (non-hydrogen) atoms. The Hall–Kier alpha value is -1.36. The molecule has 1 aromatic heterocycles. The molecule has 5 nitrogen and oxygen atoms in total. The molecule has 1 fully saturated rings. The molecule has 0 spiro atoms. The summed E-state index contributed by atoms with van der Waals surface area (Å²) in [7, 11) is 1.96. The van der Waals surface area contributed by atoms with Gasteiger partial charge in [-0.3, -0.25) is 4.79 Å². The van der Waals surface area contributed by atoms with Crippen molar-refractivity contribution < 1.29 is 4.79 Å². The summed E-state index contributed by atoms with van der Waals surface area (Å²) in [5.74, 6) is 1.11. The Bertz CT molecular complexity index is 443. The minimum atomic E-state index is -0.0336. The monoisotopic (exact) mass is 264 g/mol. The quantitative estimate of drug-likeness (QED) is 0.872. The first-order valence-electron chi connectivity index (χ1n) is 6.87. The van der Waals surface area contributed by atoms with Gasteiger partial charge in [0.15, 0.2) is 0 Å². The SMILES string of the molecule is Cn1ccnc1CN(C(=O)CNC(C)(C)C)C1CC1. The number of aromatic nitrogens is 2. The molecule has 1 aliphatic carbocycles. The molecular weight excluding hydrogens is 240 g/mol. The highest BCUT2D eigenvalue weighted by molar-refractivity contribution is 5.79. The first kappa shape index (κ1) is 14.1. The Labute approximate surface area is 115 Å². The molecule has 0 saturated heterocycles. The number of carbonyl (C=O) groups is 1. The van der Waals surface area contributed by atoms with Gasteiger partial charge in [0, 0.05) is 31.0 Å². The minimum Gasteiger partial charge on any atom is -0.337 e. The van der Waals surface area contributed by atoms with Crippen LogP contribution in [0.15, 0.2) is 12.4 Å². The van der Waals surface area contributed by atoms with Crippen molar-refractivity contribution in [1.82, 2.24) is 19.8 Å². The lowest BCUT2D eigenvalue weighted by atomic mass is 10.1. The van der Waals surface area contributed by atoms with E-state index in [2.05, 4.69) is 31.1 Å². The molecule has 1 N–H and O–H groups in total. The maximum absolute atomic E-state index is 12.3. The van der Waals surface area contributed by atoms with Crippen LogP contribution in [0.2, 0.25) is 0 Å². The standard InChI is InChI=1S/C14H24N4O/c1-14(2,3)16-9-13(19)18(11-5-6-11)10-12-15-7-8-17(12)4/h7-8,11,16H,5-6,9-10H2,1-4H3. The third kappa shape index (κ3) is 4.06. The molecule has 0 radical (unpaired) electrons. The summed E-state index contributed by atoms with van der Waals surface area (Å²) in [6, 6.07) is 0.408. The molecule has 1 saturated carbocycles. The molecule has 1 aliphatic rings. The van der Waals surface area contributed by atoms with Gasteiger partial charge in [0.1, 0.15) is 5.82 Å². The number of rotatable bonds is 5. The summed E-state index contributed by atoms with van der Waals surface area (Å²) in [5.41, 5.74) is -0.0336. The Kier molecular flexibility index (Phi) is 3.94. The molecule has 1 amide bonds. The van der Waals surface area contributed by atoms with Gasteiger partial charge in [-0.25, -0.2) is 4.98 Å². The van der Waals surface area contributed by atoms with E-state index >= 15 is 0 Å². The van der Waals surface area contributed by atoms with E-state index in [0.717, 1.165) is 18.7 Å². The fraction of sp³-hybridized carbons (Fsp3) is 0.714. The van der Waals surface area contributed by atoms with Crippen LogP contribution in [0, 0.1) is 0 Å². The maximum atomic E-state index is 12.3. The van der Waals surface area contributed by atoms with E-state index in [1.807, 2.05) is 22.7 Å². The van der Waals surface area contributed by atoms with Crippen LogP contribution in [0.4, 0.5) is 0 Å². The lowest BCUT2D eigenvalue weighted by Crippen LogP contribution is -2.45. The molecule has 106 valence electrons. The van der Waals surface area contributed by atoms with E-state index in [0.29, 0.717) is 19.1 Å². The average Bonchev–Trinajstić information content (AvgIpc) is 3.07. The Morgan fingerprint density at radius 2 is 2.21 bits per heavy atom. The van der Waals surface area contributed by atoms with Crippen LogP contribution in [-0.4, -0.2) is 38.5 Å². The number of hydrogen-bond donors (Lipinski definition) is 1. The fourth-order valence-corrected chi connectivity index (χ4v) is 1.95. The molecular formula is C14H24N4O. The highest BCUT2D eigenvalue weighted by Crippen LogP contribution is 2.28. The second-order valence-electron chi connectivity index (χ2n) is 6.31. The molecule has 0 aromatic carbocycles. The second kappa shape index (κ2) is 5.33. The molecule has 2 rings (SSSR count). The highest BCUT2D eigenvalue weighted by atomic mass is 16.2. The van der Waals surface area contributed by atoms with E-state index in [4.69, 9.17) is 0 Å². The zero-order valence-corrected chi connectivity index (χ0v) is 12.3. The van der Waals surface area contributed by atoms with Crippen LogP contribution >= 0.6 is 0 Å². The Morgan fingerprint density at radius 3 is 2.68 bits per heavy atom. The molecule has 5 heteroatoms. The predicted octanol–water partition coefficient (Wildman–Crippen LogP) is 1.30. The van der Waals surface area contributed by atoms with Crippen molar-refractivity contribution in [3.63, 3.8) is 0 Å². The van der Waals surface area contributed by atoms with Crippen molar-refractivity contribution in [1.29, 1.82) is 0 Å². The molecule has 0 unspecified atom stereocenters. The third-order valence-corrected chi connectivity index (χ3v) is 3.31. The minimum absolute atomic E-state index is 0.0336. The topological polar surface area (TPSA) is 50.2 Å². The van der Waals surface area contributed by atoms with E-state index in [1.165, 1.54) is 0 Å². The summed E-state index contributed by atoms with van der Waals surface area (Å²) in [6.07, 6.45) is 5.92. The van der Waals surface area contributed by atoms with Gasteiger partial charge in [0.25, 0.3) is 0 Å². The van der Waals surface area contributed by atoms with Crippen molar-refractivity contribution >= 4 is 5.91 Å². The normalized spacial score (nSPS) is 15.6. The van der Waals surface area contributed by atoms with Gasteiger partial charge in [-0.05, 0) is 33.6 Å². The van der Waals surface area contributed by atoms with Gasteiger partial charge >= 0.3 is 0 Å². The fourth-order valence-electron chi connectivity index (χ4n) is 1.95. The number of carbonyl (C=O) groups excluding carboxylic acids is 1. The lowest BCUT2D eigenvalue weighted by Gasteiger charge is -2.26. The summed E-state index contributed by atoms with van der Waals surface area (Å²) < 4.78 is 1.97. The zero-order valence-electron chi connectivity index (χ0n) is 12.3.